The number of halogens is 2. The summed E-state index contributed by atoms with van der Waals surface area (Å²) in [6, 6.07) is 10.7. The van der Waals surface area contributed by atoms with Gasteiger partial charge in [0, 0.05) is 17.8 Å². The molecule has 4 rings (SSSR count). The number of methoxy groups -OCH3 is 1. The maximum Gasteiger partial charge on any atom is 0.265 e. The molecule has 0 amide bonds. The molecule has 0 spiro atoms. The second-order valence-corrected chi connectivity index (χ2v) is 9.02. The fourth-order valence-electron chi connectivity index (χ4n) is 4.04. The quantitative estimate of drug-likeness (QED) is 0.590. The number of benzene rings is 2. The molecule has 3 aromatic rings. The summed E-state index contributed by atoms with van der Waals surface area (Å²) in [5.74, 6) is -1.77. The van der Waals surface area contributed by atoms with Crippen LogP contribution >= 0.6 is 0 Å². The van der Waals surface area contributed by atoms with Gasteiger partial charge in [0.2, 0.25) is 0 Å². The molecule has 0 aliphatic carbocycles. The second-order valence-electron chi connectivity index (χ2n) is 7.20. The fourth-order valence-corrected chi connectivity index (χ4v) is 5.83. The van der Waals surface area contributed by atoms with Crippen LogP contribution in [0.1, 0.15) is 36.3 Å². The Kier molecular flexibility index (Phi) is 4.98. The molecule has 0 N–H and O–H groups in total. The van der Waals surface area contributed by atoms with Crippen LogP contribution in [0.4, 0.5) is 14.5 Å². The van der Waals surface area contributed by atoms with Gasteiger partial charge in [-0.1, -0.05) is 6.92 Å². The minimum atomic E-state index is -4.16. The van der Waals surface area contributed by atoms with Gasteiger partial charge in [-0.2, -0.15) is 5.26 Å². The lowest BCUT2D eigenvalue weighted by molar-refractivity contribution is 0.411. The van der Waals surface area contributed by atoms with Crippen LogP contribution in [0.15, 0.2) is 47.4 Å². The van der Waals surface area contributed by atoms with Crippen molar-refractivity contribution in [2.24, 2.45) is 0 Å². The van der Waals surface area contributed by atoms with Gasteiger partial charge in [-0.25, -0.2) is 17.2 Å². The summed E-state index contributed by atoms with van der Waals surface area (Å²) in [7, 11) is -2.67. The van der Waals surface area contributed by atoms with Crippen LogP contribution in [0, 0.1) is 29.9 Å². The summed E-state index contributed by atoms with van der Waals surface area (Å²) >= 11 is 0. The van der Waals surface area contributed by atoms with Gasteiger partial charge < -0.3 is 9.30 Å². The highest BCUT2D eigenvalue weighted by Gasteiger charge is 2.40. The lowest BCUT2D eigenvalue weighted by Crippen LogP contribution is -2.39. The van der Waals surface area contributed by atoms with Crippen LogP contribution < -0.4 is 9.04 Å². The van der Waals surface area contributed by atoms with Crippen molar-refractivity contribution in [3.05, 3.63) is 71.1 Å². The van der Waals surface area contributed by atoms with E-state index in [4.69, 9.17) is 4.74 Å². The van der Waals surface area contributed by atoms with Crippen molar-refractivity contribution < 1.29 is 21.9 Å². The minimum Gasteiger partial charge on any atom is -0.496 e. The molecule has 1 atom stereocenters. The van der Waals surface area contributed by atoms with E-state index in [1.54, 1.807) is 26.0 Å². The van der Waals surface area contributed by atoms with E-state index in [0.717, 1.165) is 16.4 Å². The van der Waals surface area contributed by atoms with Gasteiger partial charge >= 0.3 is 0 Å². The maximum absolute atomic E-state index is 14.3. The first-order valence-corrected chi connectivity index (χ1v) is 11.0. The molecular formula is C22H19F2N3O3S. The molecule has 2 heterocycles. The number of rotatable bonds is 4. The summed E-state index contributed by atoms with van der Waals surface area (Å²) in [5, 5.41) is 9.49. The highest BCUT2D eigenvalue weighted by molar-refractivity contribution is 7.92. The SMILES string of the molecule is CC[C@@H]1c2ccc(C#N)n2-c2cc(F)c(F)cc2N1S(=O)(=O)c1ccc(OC)c(C)c1. The summed E-state index contributed by atoms with van der Waals surface area (Å²) in [4.78, 5) is 0.000413. The van der Waals surface area contributed by atoms with Crippen molar-refractivity contribution in [3.8, 4) is 17.5 Å². The van der Waals surface area contributed by atoms with Crippen LogP contribution in [-0.4, -0.2) is 20.1 Å². The Hall–Kier alpha value is -3.38. The third-order valence-corrected chi connectivity index (χ3v) is 7.27. The Bertz CT molecular complexity index is 1340. The molecule has 0 radical (unpaired) electrons. The summed E-state index contributed by atoms with van der Waals surface area (Å²) in [6.45, 7) is 3.51. The molecular weight excluding hydrogens is 424 g/mol. The van der Waals surface area contributed by atoms with E-state index >= 15 is 0 Å². The number of nitriles is 1. The van der Waals surface area contributed by atoms with Crippen LogP contribution in [0.25, 0.3) is 5.69 Å². The molecule has 0 bridgehead atoms. The average Bonchev–Trinajstić information content (AvgIpc) is 3.18. The molecule has 9 heteroatoms. The van der Waals surface area contributed by atoms with Crippen molar-refractivity contribution in [2.75, 3.05) is 11.4 Å². The molecule has 2 aromatic carbocycles. The summed E-state index contributed by atoms with van der Waals surface area (Å²) < 4.78 is 63.7. The van der Waals surface area contributed by atoms with Crippen LogP contribution in [0.3, 0.4) is 0 Å². The van der Waals surface area contributed by atoms with E-state index in [1.165, 1.54) is 29.9 Å². The third-order valence-electron chi connectivity index (χ3n) is 5.46. The lowest BCUT2D eigenvalue weighted by atomic mass is 10.1. The second kappa shape index (κ2) is 7.39. The fraction of sp³-hybridized carbons (Fsp3) is 0.227. The molecule has 31 heavy (non-hydrogen) atoms. The highest BCUT2D eigenvalue weighted by Crippen LogP contribution is 2.45. The Labute approximate surface area is 179 Å². The monoisotopic (exact) mass is 443 g/mol. The lowest BCUT2D eigenvalue weighted by Gasteiger charge is -2.38. The molecule has 160 valence electrons. The van der Waals surface area contributed by atoms with Crippen LogP contribution in [0.2, 0.25) is 0 Å². The number of aryl methyl sites for hydroxylation is 1. The zero-order valence-electron chi connectivity index (χ0n) is 17.1. The third kappa shape index (κ3) is 3.06. The van der Waals surface area contributed by atoms with Gasteiger partial charge in [0.05, 0.1) is 29.4 Å². The number of sulfonamides is 1. The molecule has 0 unspecified atom stereocenters. The van der Waals surface area contributed by atoms with E-state index in [0.29, 0.717) is 23.4 Å². The Morgan fingerprint density at radius 2 is 1.77 bits per heavy atom. The first kappa shape index (κ1) is 20.9. The van der Waals surface area contributed by atoms with Crippen LogP contribution in [-0.2, 0) is 10.0 Å². The zero-order valence-corrected chi connectivity index (χ0v) is 17.9. The van der Waals surface area contributed by atoms with Crippen molar-refractivity contribution in [3.63, 3.8) is 0 Å². The minimum absolute atomic E-state index is 0.000413. The van der Waals surface area contributed by atoms with Gasteiger partial charge in [-0.15, -0.1) is 0 Å². The number of ether oxygens (including phenoxy) is 1. The van der Waals surface area contributed by atoms with E-state index < -0.39 is 27.7 Å². The van der Waals surface area contributed by atoms with E-state index in [9.17, 15) is 22.5 Å². The number of fused-ring (bicyclic) bond motifs is 3. The molecule has 0 saturated heterocycles. The van der Waals surface area contributed by atoms with Gasteiger partial charge in [0.15, 0.2) is 11.6 Å². The first-order valence-electron chi connectivity index (χ1n) is 9.54. The van der Waals surface area contributed by atoms with Crippen molar-refractivity contribution in [1.29, 1.82) is 5.26 Å². The van der Waals surface area contributed by atoms with Gasteiger partial charge in [-0.05, 0) is 49.2 Å². The topological polar surface area (TPSA) is 75.3 Å². The zero-order chi connectivity index (χ0) is 22.5. The Morgan fingerprint density at radius 3 is 2.35 bits per heavy atom. The smallest absolute Gasteiger partial charge is 0.265 e. The predicted octanol–water partition coefficient (Wildman–Crippen LogP) is 4.60. The Balaban J connectivity index is 2.01. The summed E-state index contributed by atoms with van der Waals surface area (Å²) in [6.07, 6.45) is 0.349. The molecule has 0 saturated carbocycles. The predicted molar refractivity (Wildman–Crippen MR) is 111 cm³/mol. The van der Waals surface area contributed by atoms with E-state index in [-0.39, 0.29) is 22.0 Å². The molecule has 1 aromatic heterocycles. The number of nitrogens with zero attached hydrogens (tertiary/aromatic N) is 3. The molecule has 1 aliphatic heterocycles. The number of aromatic nitrogens is 1. The molecule has 1 aliphatic rings. The normalized spacial score (nSPS) is 15.2. The van der Waals surface area contributed by atoms with E-state index in [2.05, 4.69) is 0 Å². The van der Waals surface area contributed by atoms with Crippen molar-refractivity contribution >= 4 is 15.7 Å². The maximum atomic E-state index is 14.3. The van der Waals surface area contributed by atoms with Crippen molar-refractivity contribution in [2.45, 2.75) is 31.2 Å². The number of hydrogen-bond donors (Lipinski definition) is 0. The average molecular weight is 443 g/mol. The van der Waals surface area contributed by atoms with Crippen molar-refractivity contribution in [1.82, 2.24) is 4.57 Å². The summed E-state index contributed by atoms with van der Waals surface area (Å²) in [5.41, 5.74) is 1.40. The number of anilines is 1. The molecule has 6 nitrogen and oxygen atoms in total. The van der Waals surface area contributed by atoms with Gasteiger partial charge in [0.25, 0.3) is 10.0 Å². The number of hydrogen-bond acceptors (Lipinski definition) is 4. The van der Waals surface area contributed by atoms with Gasteiger partial charge in [0.1, 0.15) is 17.5 Å². The van der Waals surface area contributed by atoms with E-state index in [1.807, 2.05) is 6.07 Å². The highest BCUT2D eigenvalue weighted by atomic mass is 32.2. The largest absolute Gasteiger partial charge is 0.496 e. The first-order chi connectivity index (χ1) is 14.7. The van der Waals surface area contributed by atoms with Gasteiger partial charge in [-0.3, -0.25) is 4.31 Å². The Morgan fingerprint density at radius 1 is 1.10 bits per heavy atom. The van der Waals surface area contributed by atoms with Crippen LogP contribution in [0.5, 0.6) is 5.75 Å². The molecule has 0 fully saturated rings. The standard InChI is InChI=1S/C22H19F2N3O3S/c1-4-18-19-7-5-14(12-25)26(19)20-10-16(23)17(24)11-21(20)27(18)31(28,29)15-6-8-22(30-3)13(2)9-15/h5-11,18H,4H2,1-3H3/t18-/m1/s1.